The number of amides is 1. The van der Waals surface area contributed by atoms with E-state index >= 15 is 0 Å². The van der Waals surface area contributed by atoms with Crippen LogP contribution in [-0.2, 0) is 11.3 Å². The summed E-state index contributed by atoms with van der Waals surface area (Å²) in [5.41, 5.74) is 2.41. The lowest BCUT2D eigenvalue weighted by atomic mass is 10.3. The Morgan fingerprint density at radius 1 is 1.41 bits per heavy atom. The number of aryl methyl sites for hydroxylation is 1. The van der Waals surface area contributed by atoms with Crippen LogP contribution in [0.15, 0.2) is 40.3 Å². The first-order valence-electron chi connectivity index (χ1n) is 5.34. The predicted octanol–water partition coefficient (Wildman–Crippen LogP) is 2.64. The molecular formula is C12H13NO3S. The number of furan rings is 1. The monoisotopic (exact) mass is 251 g/mol. The highest BCUT2D eigenvalue weighted by Gasteiger charge is 2.05. The Kier molecular flexibility index (Phi) is 4.35. The van der Waals surface area contributed by atoms with Gasteiger partial charge >= 0.3 is 0 Å². The molecule has 0 atom stereocenters. The molecule has 0 bridgehead atoms. The minimum absolute atomic E-state index is 0.196. The molecule has 5 heteroatoms. The molecular weight excluding hydrogens is 238 g/mol. The molecule has 1 N–H and O–H groups in total. The summed E-state index contributed by atoms with van der Waals surface area (Å²) >= 11 is 1.39. The zero-order valence-electron chi connectivity index (χ0n) is 9.22. The molecule has 90 valence electrons. The molecule has 0 aliphatic rings. The number of hydrogen-bond acceptors (Lipinski definition) is 4. The number of hydroxylamine groups is 1. The Bertz CT molecular complexity index is 436. The van der Waals surface area contributed by atoms with Crippen molar-refractivity contribution in [1.29, 1.82) is 0 Å². The molecule has 0 fully saturated rings. The predicted molar refractivity (Wildman–Crippen MR) is 64.8 cm³/mol. The lowest BCUT2D eigenvalue weighted by Gasteiger charge is -2.03. The van der Waals surface area contributed by atoms with E-state index in [9.17, 15) is 4.79 Å². The molecule has 4 nitrogen and oxygen atoms in total. The molecule has 2 aromatic heterocycles. The Balaban J connectivity index is 1.59. The molecule has 0 saturated heterocycles. The summed E-state index contributed by atoms with van der Waals surface area (Å²) in [5, 5.41) is 1.85. The van der Waals surface area contributed by atoms with Gasteiger partial charge in [-0.15, -0.1) is 11.3 Å². The lowest BCUT2D eigenvalue weighted by Crippen LogP contribution is -2.23. The van der Waals surface area contributed by atoms with Gasteiger partial charge in [0, 0.05) is 6.42 Å². The van der Waals surface area contributed by atoms with E-state index in [4.69, 9.17) is 9.25 Å². The molecule has 0 aromatic carbocycles. The summed E-state index contributed by atoms with van der Waals surface area (Å²) in [7, 11) is 0. The number of thiophene rings is 1. The van der Waals surface area contributed by atoms with Crippen LogP contribution in [-0.4, -0.2) is 12.5 Å². The zero-order valence-corrected chi connectivity index (χ0v) is 10.0. The Morgan fingerprint density at radius 2 is 2.35 bits per heavy atom. The van der Waals surface area contributed by atoms with Gasteiger partial charge in [0.1, 0.15) is 5.76 Å². The van der Waals surface area contributed by atoms with Crippen molar-refractivity contribution in [2.24, 2.45) is 0 Å². The van der Waals surface area contributed by atoms with Crippen LogP contribution in [0, 0.1) is 0 Å². The molecule has 0 aliphatic heterocycles. The summed E-state index contributed by atoms with van der Waals surface area (Å²) < 4.78 is 5.18. The number of hydrogen-bond donors (Lipinski definition) is 1. The lowest BCUT2D eigenvalue weighted by molar-refractivity contribution is 0.0305. The van der Waals surface area contributed by atoms with E-state index in [1.165, 1.54) is 11.3 Å². The zero-order chi connectivity index (χ0) is 11.9. The van der Waals surface area contributed by atoms with Crippen molar-refractivity contribution < 1.29 is 14.0 Å². The normalized spacial score (nSPS) is 10.4. The number of rotatable bonds is 6. The quantitative estimate of drug-likeness (QED) is 0.634. The summed E-state index contributed by atoms with van der Waals surface area (Å²) in [6.45, 7) is 0.470. The number of carbonyl (C=O) groups is 1. The van der Waals surface area contributed by atoms with Crippen molar-refractivity contribution in [3.63, 3.8) is 0 Å². The van der Waals surface area contributed by atoms with E-state index in [1.807, 2.05) is 23.6 Å². The summed E-state index contributed by atoms with van der Waals surface area (Å²) in [6, 6.07) is 7.36. The molecule has 0 radical (unpaired) electrons. The van der Waals surface area contributed by atoms with Crippen LogP contribution in [0.4, 0.5) is 0 Å². The maximum Gasteiger partial charge on any atom is 0.284 e. The molecule has 1 amide bonds. The molecule has 2 aromatic rings. The van der Waals surface area contributed by atoms with Gasteiger partial charge in [-0.05, 0) is 30.0 Å². The third kappa shape index (κ3) is 3.72. The smallest absolute Gasteiger partial charge is 0.284 e. The van der Waals surface area contributed by atoms with Crippen LogP contribution in [0.3, 0.4) is 0 Å². The van der Waals surface area contributed by atoms with Crippen LogP contribution in [0.1, 0.15) is 21.9 Å². The van der Waals surface area contributed by atoms with Gasteiger partial charge in [-0.2, -0.15) is 0 Å². The van der Waals surface area contributed by atoms with Gasteiger partial charge in [0.2, 0.25) is 0 Å². The minimum Gasteiger partial charge on any atom is -0.469 e. The average molecular weight is 251 g/mol. The van der Waals surface area contributed by atoms with Crippen molar-refractivity contribution in [2.75, 3.05) is 6.61 Å². The van der Waals surface area contributed by atoms with Gasteiger partial charge in [0.15, 0.2) is 0 Å². The van der Waals surface area contributed by atoms with E-state index < -0.39 is 0 Å². The fourth-order valence-electron chi connectivity index (χ4n) is 1.35. The van der Waals surface area contributed by atoms with Crippen LogP contribution >= 0.6 is 11.3 Å². The van der Waals surface area contributed by atoms with Gasteiger partial charge in [-0.25, -0.2) is 5.48 Å². The summed E-state index contributed by atoms with van der Waals surface area (Å²) in [6.07, 6.45) is 3.26. The van der Waals surface area contributed by atoms with Crippen LogP contribution < -0.4 is 5.48 Å². The highest BCUT2D eigenvalue weighted by Crippen LogP contribution is 2.07. The first kappa shape index (κ1) is 11.9. The molecule has 0 spiro atoms. The van der Waals surface area contributed by atoms with E-state index in [2.05, 4.69) is 5.48 Å². The van der Waals surface area contributed by atoms with E-state index in [1.54, 1.807) is 12.3 Å². The Hall–Kier alpha value is -1.59. The minimum atomic E-state index is -0.196. The fraction of sp³-hybridized carbons (Fsp3) is 0.250. The van der Waals surface area contributed by atoms with Gasteiger partial charge < -0.3 is 4.42 Å². The average Bonchev–Trinajstić information content (AvgIpc) is 3.01. The Labute approximate surface area is 103 Å². The summed E-state index contributed by atoms with van der Waals surface area (Å²) in [4.78, 5) is 17.2. The van der Waals surface area contributed by atoms with Gasteiger partial charge in [0.25, 0.3) is 5.91 Å². The van der Waals surface area contributed by atoms with Crippen molar-refractivity contribution in [2.45, 2.75) is 12.8 Å². The highest BCUT2D eigenvalue weighted by atomic mass is 32.1. The molecule has 0 saturated carbocycles. The second kappa shape index (κ2) is 6.22. The molecule has 0 aliphatic carbocycles. The number of nitrogens with one attached hydrogen (secondary N) is 1. The third-order valence-electron chi connectivity index (χ3n) is 2.16. The standard InChI is InChI=1S/C12H13NO3S/c14-12(11-6-3-9-17-11)13-16-8-2-5-10-4-1-7-15-10/h1,3-4,6-7,9H,2,5,8H2,(H,13,14). The first-order chi connectivity index (χ1) is 8.36. The fourth-order valence-corrected chi connectivity index (χ4v) is 1.96. The summed E-state index contributed by atoms with van der Waals surface area (Å²) in [5.74, 6) is 0.733. The third-order valence-corrected chi connectivity index (χ3v) is 3.03. The van der Waals surface area contributed by atoms with Gasteiger partial charge in [0.05, 0.1) is 17.7 Å². The van der Waals surface area contributed by atoms with E-state index in [-0.39, 0.29) is 5.91 Å². The molecule has 2 heterocycles. The molecule has 2 rings (SSSR count). The van der Waals surface area contributed by atoms with Crippen molar-refractivity contribution >= 4 is 17.2 Å². The second-order valence-corrected chi connectivity index (χ2v) is 4.39. The van der Waals surface area contributed by atoms with Gasteiger partial charge in [-0.3, -0.25) is 9.63 Å². The van der Waals surface area contributed by atoms with Crippen LogP contribution in [0.2, 0.25) is 0 Å². The second-order valence-electron chi connectivity index (χ2n) is 3.44. The van der Waals surface area contributed by atoms with Crippen molar-refractivity contribution in [1.82, 2.24) is 5.48 Å². The largest absolute Gasteiger partial charge is 0.469 e. The topological polar surface area (TPSA) is 51.5 Å². The highest BCUT2D eigenvalue weighted by molar-refractivity contribution is 7.12. The van der Waals surface area contributed by atoms with Crippen molar-refractivity contribution in [3.05, 3.63) is 46.5 Å². The number of carbonyl (C=O) groups excluding carboxylic acids is 1. The molecule has 0 unspecified atom stereocenters. The van der Waals surface area contributed by atoms with Crippen molar-refractivity contribution in [3.8, 4) is 0 Å². The van der Waals surface area contributed by atoms with Crippen LogP contribution in [0.25, 0.3) is 0 Å². The molecule has 17 heavy (non-hydrogen) atoms. The van der Waals surface area contributed by atoms with E-state index in [0.29, 0.717) is 11.5 Å². The van der Waals surface area contributed by atoms with Crippen LogP contribution in [0.5, 0.6) is 0 Å². The van der Waals surface area contributed by atoms with E-state index in [0.717, 1.165) is 18.6 Å². The maximum atomic E-state index is 11.5. The first-order valence-corrected chi connectivity index (χ1v) is 6.22. The van der Waals surface area contributed by atoms with Gasteiger partial charge in [-0.1, -0.05) is 6.07 Å². The Morgan fingerprint density at radius 3 is 3.06 bits per heavy atom. The maximum absolute atomic E-state index is 11.5. The SMILES string of the molecule is O=C(NOCCCc1ccco1)c1cccs1.